The summed E-state index contributed by atoms with van der Waals surface area (Å²) in [6.07, 6.45) is 3.11. The predicted octanol–water partition coefficient (Wildman–Crippen LogP) is 2.72. The summed E-state index contributed by atoms with van der Waals surface area (Å²) in [5.41, 5.74) is 1.14. The van der Waals surface area contributed by atoms with E-state index >= 15 is 0 Å². The minimum Gasteiger partial charge on any atom is -0.497 e. The molecule has 2 aromatic rings. The van der Waals surface area contributed by atoms with Crippen LogP contribution in [0.5, 0.6) is 11.5 Å². The number of methoxy groups -OCH3 is 2. The number of ether oxygens (including phenoxy) is 2. The number of pyridine rings is 1. The van der Waals surface area contributed by atoms with E-state index in [-0.39, 0.29) is 5.57 Å². The van der Waals surface area contributed by atoms with Gasteiger partial charge in [0.1, 0.15) is 11.5 Å². The van der Waals surface area contributed by atoms with Crippen LogP contribution in [0.2, 0.25) is 0 Å². The van der Waals surface area contributed by atoms with Gasteiger partial charge in [0.2, 0.25) is 0 Å². The van der Waals surface area contributed by atoms with E-state index in [1.807, 2.05) is 0 Å². The number of hydrogen-bond donors (Lipinski definition) is 1. The van der Waals surface area contributed by atoms with Crippen LogP contribution in [0.25, 0.3) is 11.6 Å². The average Bonchev–Trinajstić information content (AvgIpc) is 2.52. The molecule has 108 valence electrons. The summed E-state index contributed by atoms with van der Waals surface area (Å²) < 4.78 is 10.4. The third-order valence-corrected chi connectivity index (χ3v) is 2.91. The van der Waals surface area contributed by atoms with Crippen LogP contribution in [0, 0.1) is 0 Å². The first-order valence-corrected chi connectivity index (χ1v) is 6.24. The van der Waals surface area contributed by atoms with E-state index in [2.05, 4.69) is 4.98 Å². The highest BCUT2D eigenvalue weighted by Gasteiger charge is 2.16. The Balaban J connectivity index is 2.54. The highest BCUT2D eigenvalue weighted by atomic mass is 16.5. The first-order valence-electron chi connectivity index (χ1n) is 6.24. The Kier molecular flexibility index (Phi) is 4.56. The van der Waals surface area contributed by atoms with E-state index < -0.39 is 5.97 Å². The predicted molar refractivity (Wildman–Crippen MR) is 79.3 cm³/mol. The molecule has 1 aromatic heterocycles. The maximum absolute atomic E-state index is 11.5. The summed E-state index contributed by atoms with van der Waals surface area (Å²) in [5.74, 6) is -0.0266. The molecule has 1 heterocycles. The number of hydrogen-bond acceptors (Lipinski definition) is 4. The Morgan fingerprint density at radius 1 is 1.19 bits per heavy atom. The molecule has 0 aliphatic heterocycles. The number of rotatable bonds is 5. The normalized spacial score (nSPS) is 11.0. The molecule has 0 fully saturated rings. The van der Waals surface area contributed by atoms with Gasteiger partial charge >= 0.3 is 5.97 Å². The van der Waals surface area contributed by atoms with Crippen molar-refractivity contribution in [3.8, 4) is 11.5 Å². The van der Waals surface area contributed by atoms with Gasteiger partial charge < -0.3 is 14.6 Å². The zero-order valence-electron chi connectivity index (χ0n) is 11.7. The van der Waals surface area contributed by atoms with Gasteiger partial charge in [-0.3, -0.25) is 4.98 Å². The molecule has 0 bridgehead atoms. The van der Waals surface area contributed by atoms with Crippen molar-refractivity contribution in [3.05, 3.63) is 53.9 Å². The second-order valence-corrected chi connectivity index (χ2v) is 4.18. The molecule has 0 aliphatic carbocycles. The molecule has 5 heteroatoms. The number of aliphatic carboxylic acids is 1. The van der Waals surface area contributed by atoms with Crippen molar-refractivity contribution in [1.82, 2.24) is 4.98 Å². The monoisotopic (exact) mass is 285 g/mol. The van der Waals surface area contributed by atoms with Crippen molar-refractivity contribution < 1.29 is 19.4 Å². The van der Waals surface area contributed by atoms with Gasteiger partial charge in [-0.1, -0.05) is 6.07 Å². The molecular weight excluding hydrogens is 270 g/mol. The number of benzene rings is 1. The lowest BCUT2D eigenvalue weighted by molar-refractivity contribution is -0.130. The van der Waals surface area contributed by atoms with Gasteiger partial charge in [0.05, 0.1) is 25.5 Å². The molecular formula is C16H15NO4. The van der Waals surface area contributed by atoms with Crippen LogP contribution in [-0.4, -0.2) is 30.3 Å². The van der Waals surface area contributed by atoms with Crippen molar-refractivity contribution in [1.29, 1.82) is 0 Å². The number of carboxylic acid groups (broad SMARTS) is 1. The Morgan fingerprint density at radius 2 is 2.00 bits per heavy atom. The van der Waals surface area contributed by atoms with Gasteiger partial charge in [-0.25, -0.2) is 4.79 Å². The number of carbonyl (C=O) groups is 1. The van der Waals surface area contributed by atoms with Crippen LogP contribution in [0.1, 0.15) is 11.3 Å². The van der Waals surface area contributed by atoms with Crippen LogP contribution in [-0.2, 0) is 4.79 Å². The van der Waals surface area contributed by atoms with Crippen molar-refractivity contribution in [2.75, 3.05) is 14.2 Å². The van der Waals surface area contributed by atoms with E-state index in [9.17, 15) is 9.90 Å². The van der Waals surface area contributed by atoms with Gasteiger partial charge in [0.15, 0.2) is 0 Å². The van der Waals surface area contributed by atoms with Gasteiger partial charge in [0, 0.05) is 17.8 Å². The fourth-order valence-corrected chi connectivity index (χ4v) is 1.88. The van der Waals surface area contributed by atoms with Crippen LogP contribution >= 0.6 is 0 Å². The number of aromatic nitrogens is 1. The number of carboxylic acids is 1. The first kappa shape index (κ1) is 14.6. The third-order valence-electron chi connectivity index (χ3n) is 2.91. The Labute approximate surface area is 122 Å². The molecule has 0 radical (unpaired) electrons. The maximum atomic E-state index is 11.5. The van der Waals surface area contributed by atoms with Crippen LogP contribution in [0.15, 0.2) is 42.6 Å². The van der Waals surface area contributed by atoms with Gasteiger partial charge in [-0.2, -0.15) is 0 Å². The molecule has 0 saturated heterocycles. The molecule has 0 unspecified atom stereocenters. The molecule has 0 amide bonds. The van der Waals surface area contributed by atoms with Crippen molar-refractivity contribution in [3.63, 3.8) is 0 Å². The standard InChI is InChI=1S/C16H15NO4/c1-20-12-6-7-13(15(10-12)21-2)14(16(18)19)9-11-5-3-4-8-17-11/h3-10H,1-2H3,(H,18,19)/b14-9-. The molecule has 1 N–H and O–H groups in total. The summed E-state index contributed by atoms with van der Waals surface area (Å²) in [6.45, 7) is 0. The van der Waals surface area contributed by atoms with E-state index in [4.69, 9.17) is 9.47 Å². The molecule has 0 atom stereocenters. The quantitative estimate of drug-likeness (QED) is 0.855. The van der Waals surface area contributed by atoms with E-state index in [0.717, 1.165) is 0 Å². The zero-order valence-corrected chi connectivity index (χ0v) is 11.7. The van der Waals surface area contributed by atoms with E-state index in [0.29, 0.717) is 22.8 Å². The van der Waals surface area contributed by atoms with Crippen molar-refractivity contribution in [2.45, 2.75) is 0 Å². The highest BCUT2D eigenvalue weighted by molar-refractivity contribution is 6.21. The maximum Gasteiger partial charge on any atom is 0.336 e. The Hall–Kier alpha value is -2.82. The summed E-state index contributed by atoms with van der Waals surface area (Å²) >= 11 is 0. The summed E-state index contributed by atoms with van der Waals surface area (Å²) in [7, 11) is 3.02. The van der Waals surface area contributed by atoms with E-state index in [1.54, 1.807) is 42.6 Å². The third kappa shape index (κ3) is 3.39. The fourth-order valence-electron chi connectivity index (χ4n) is 1.88. The Morgan fingerprint density at radius 3 is 2.57 bits per heavy atom. The summed E-state index contributed by atoms with van der Waals surface area (Å²) in [5, 5.41) is 9.45. The van der Waals surface area contributed by atoms with Gasteiger partial charge in [-0.15, -0.1) is 0 Å². The molecule has 2 rings (SSSR count). The summed E-state index contributed by atoms with van der Waals surface area (Å²) in [4.78, 5) is 15.7. The average molecular weight is 285 g/mol. The molecule has 0 aliphatic rings. The lowest BCUT2D eigenvalue weighted by Gasteiger charge is -2.11. The highest BCUT2D eigenvalue weighted by Crippen LogP contribution is 2.31. The van der Waals surface area contributed by atoms with Crippen molar-refractivity contribution in [2.24, 2.45) is 0 Å². The lowest BCUT2D eigenvalue weighted by Crippen LogP contribution is -2.02. The molecule has 21 heavy (non-hydrogen) atoms. The minimum atomic E-state index is -1.05. The van der Waals surface area contributed by atoms with Crippen LogP contribution < -0.4 is 9.47 Å². The second kappa shape index (κ2) is 6.56. The fraction of sp³-hybridized carbons (Fsp3) is 0.125. The number of nitrogens with zero attached hydrogens (tertiary/aromatic N) is 1. The second-order valence-electron chi connectivity index (χ2n) is 4.18. The Bertz CT molecular complexity index is 665. The van der Waals surface area contributed by atoms with E-state index in [1.165, 1.54) is 20.3 Å². The SMILES string of the molecule is COc1ccc(/C(=C/c2ccccn2)C(=O)O)c(OC)c1. The molecule has 0 spiro atoms. The largest absolute Gasteiger partial charge is 0.497 e. The molecule has 1 aromatic carbocycles. The van der Waals surface area contributed by atoms with Gasteiger partial charge in [0.25, 0.3) is 0 Å². The van der Waals surface area contributed by atoms with Crippen LogP contribution in [0.4, 0.5) is 0 Å². The minimum absolute atomic E-state index is 0.105. The zero-order chi connectivity index (χ0) is 15.2. The smallest absolute Gasteiger partial charge is 0.336 e. The van der Waals surface area contributed by atoms with Crippen LogP contribution in [0.3, 0.4) is 0 Å². The summed E-state index contributed by atoms with van der Waals surface area (Å²) in [6, 6.07) is 10.3. The topological polar surface area (TPSA) is 68.7 Å². The first-order chi connectivity index (χ1) is 10.2. The lowest BCUT2D eigenvalue weighted by atomic mass is 10.0. The van der Waals surface area contributed by atoms with Crippen molar-refractivity contribution >= 4 is 17.6 Å². The van der Waals surface area contributed by atoms with Gasteiger partial charge in [-0.05, 0) is 30.3 Å². The molecule has 0 saturated carbocycles. The molecule has 5 nitrogen and oxygen atoms in total.